The molecule has 5 nitrogen and oxygen atoms in total. The molecular formula is C16H23N3O2S. The fraction of sp³-hybridized carbons (Fsp3) is 0.500. The van der Waals surface area contributed by atoms with Crippen molar-refractivity contribution in [2.45, 2.75) is 38.6 Å². The number of methoxy groups -OCH3 is 1. The first-order valence-electron chi connectivity index (χ1n) is 7.56. The van der Waals surface area contributed by atoms with E-state index in [2.05, 4.69) is 22.8 Å². The molecule has 2 atom stereocenters. The fourth-order valence-corrected chi connectivity index (χ4v) is 2.88. The van der Waals surface area contributed by atoms with Crippen molar-refractivity contribution in [3.63, 3.8) is 0 Å². The zero-order chi connectivity index (χ0) is 15.9. The minimum atomic E-state index is 0.107. The maximum absolute atomic E-state index is 9.54. The average Bonchev–Trinajstić information content (AvgIpc) is 2.51. The van der Waals surface area contributed by atoms with Gasteiger partial charge in [-0.2, -0.15) is 5.10 Å². The topological polar surface area (TPSA) is 65.9 Å². The molecule has 1 aromatic rings. The Balaban J connectivity index is 1.85. The van der Waals surface area contributed by atoms with Crippen molar-refractivity contribution in [3.8, 4) is 11.5 Å². The van der Waals surface area contributed by atoms with Crippen molar-refractivity contribution in [1.29, 1.82) is 0 Å². The van der Waals surface area contributed by atoms with E-state index in [0.29, 0.717) is 22.8 Å². The number of nitrogens with zero attached hydrogens (tertiary/aromatic N) is 1. The maximum atomic E-state index is 9.54. The number of hydrogen-bond acceptors (Lipinski definition) is 4. The van der Waals surface area contributed by atoms with Crippen LogP contribution in [0.25, 0.3) is 0 Å². The molecule has 0 saturated heterocycles. The van der Waals surface area contributed by atoms with Gasteiger partial charge in [0.25, 0.3) is 0 Å². The van der Waals surface area contributed by atoms with Crippen molar-refractivity contribution < 1.29 is 9.84 Å². The van der Waals surface area contributed by atoms with Gasteiger partial charge in [0.1, 0.15) is 0 Å². The second kappa shape index (κ2) is 7.98. The predicted octanol–water partition coefficient (Wildman–Crippen LogP) is 2.78. The summed E-state index contributed by atoms with van der Waals surface area (Å²) in [6.45, 7) is 2.26. The van der Waals surface area contributed by atoms with E-state index >= 15 is 0 Å². The van der Waals surface area contributed by atoms with Gasteiger partial charge in [-0.05, 0) is 54.7 Å². The largest absolute Gasteiger partial charge is 0.504 e. The minimum absolute atomic E-state index is 0.107. The number of phenols is 1. The van der Waals surface area contributed by atoms with Crippen molar-refractivity contribution in [2.75, 3.05) is 7.11 Å². The van der Waals surface area contributed by atoms with Crippen LogP contribution in [0.4, 0.5) is 0 Å². The van der Waals surface area contributed by atoms with Gasteiger partial charge in [0.15, 0.2) is 16.6 Å². The Hall–Kier alpha value is -1.82. The zero-order valence-electron chi connectivity index (χ0n) is 13.0. The van der Waals surface area contributed by atoms with Gasteiger partial charge in [-0.3, -0.25) is 5.43 Å². The first kappa shape index (κ1) is 16.5. The Labute approximate surface area is 136 Å². The third-order valence-electron chi connectivity index (χ3n) is 4.01. The normalized spacial score (nSPS) is 21.5. The van der Waals surface area contributed by atoms with Gasteiger partial charge in [-0.15, -0.1) is 0 Å². The van der Waals surface area contributed by atoms with Crippen LogP contribution in [0.1, 0.15) is 38.2 Å². The summed E-state index contributed by atoms with van der Waals surface area (Å²) in [6.07, 6.45) is 6.60. The molecule has 22 heavy (non-hydrogen) atoms. The van der Waals surface area contributed by atoms with Gasteiger partial charge >= 0.3 is 0 Å². The Bertz CT molecular complexity index is 548. The number of aromatic hydroxyl groups is 1. The second-order valence-corrected chi connectivity index (χ2v) is 6.05. The molecule has 0 aliphatic heterocycles. The van der Waals surface area contributed by atoms with Gasteiger partial charge in [-0.1, -0.05) is 19.8 Å². The quantitative estimate of drug-likeness (QED) is 0.452. The lowest BCUT2D eigenvalue weighted by Gasteiger charge is -2.30. The lowest BCUT2D eigenvalue weighted by molar-refractivity contribution is 0.308. The molecule has 1 saturated carbocycles. The third-order valence-corrected chi connectivity index (χ3v) is 4.22. The van der Waals surface area contributed by atoms with Crippen LogP contribution in [0.15, 0.2) is 23.3 Å². The number of benzene rings is 1. The molecule has 0 heterocycles. The minimum Gasteiger partial charge on any atom is -0.504 e. The summed E-state index contributed by atoms with van der Waals surface area (Å²) in [6, 6.07) is 5.46. The van der Waals surface area contributed by atoms with E-state index in [9.17, 15) is 5.11 Å². The highest BCUT2D eigenvalue weighted by molar-refractivity contribution is 7.80. The summed E-state index contributed by atoms with van der Waals surface area (Å²) in [5.41, 5.74) is 3.65. The van der Waals surface area contributed by atoms with Crippen LogP contribution < -0.4 is 15.5 Å². The molecule has 6 heteroatoms. The number of thiocarbonyl (C=S) groups is 1. The van der Waals surface area contributed by atoms with Crippen molar-refractivity contribution in [1.82, 2.24) is 10.7 Å². The van der Waals surface area contributed by atoms with Gasteiger partial charge in [0.2, 0.25) is 0 Å². The van der Waals surface area contributed by atoms with Crippen molar-refractivity contribution >= 4 is 23.5 Å². The summed E-state index contributed by atoms with van der Waals surface area (Å²) in [5.74, 6) is 1.16. The van der Waals surface area contributed by atoms with E-state index in [1.165, 1.54) is 26.4 Å². The Morgan fingerprint density at radius 1 is 1.41 bits per heavy atom. The number of nitrogens with one attached hydrogen (secondary N) is 2. The van der Waals surface area contributed by atoms with Crippen LogP contribution in [-0.2, 0) is 0 Å². The van der Waals surface area contributed by atoms with Crippen LogP contribution in [0.3, 0.4) is 0 Å². The van der Waals surface area contributed by atoms with Crippen LogP contribution in [0.2, 0.25) is 0 Å². The summed E-state index contributed by atoms with van der Waals surface area (Å²) in [7, 11) is 1.51. The SMILES string of the molecule is COc1cc(/C=N/NC(=S)N[C@H]2CCCC[C@H]2C)ccc1O. The van der Waals surface area contributed by atoms with Crippen LogP contribution in [-0.4, -0.2) is 29.6 Å². The highest BCUT2D eigenvalue weighted by atomic mass is 32.1. The summed E-state index contributed by atoms with van der Waals surface area (Å²) < 4.78 is 5.06. The molecule has 0 unspecified atom stereocenters. The number of hydrogen-bond donors (Lipinski definition) is 3. The monoisotopic (exact) mass is 321 g/mol. The molecule has 1 aliphatic rings. The Kier molecular flexibility index (Phi) is 6.00. The molecular weight excluding hydrogens is 298 g/mol. The maximum Gasteiger partial charge on any atom is 0.187 e. The molecule has 120 valence electrons. The Morgan fingerprint density at radius 3 is 2.91 bits per heavy atom. The van der Waals surface area contributed by atoms with Crippen LogP contribution in [0, 0.1) is 5.92 Å². The van der Waals surface area contributed by atoms with E-state index in [0.717, 1.165) is 12.0 Å². The summed E-state index contributed by atoms with van der Waals surface area (Å²) in [5, 5.41) is 17.5. The van der Waals surface area contributed by atoms with Crippen molar-refractivity contribution in [2.24, 2.45) is 11.0 Å². The lowest BCUT2D eigenvalue weighted by atomic mass is 9.86. The standard InChI is InChI=1S/C16H23N3O2S/c1-11-5-3-4-6-13(11)18-16(22)19-17-10-12-7-8-14(20)15(9-12)21-2/h7-11,13,20H,3-6H2,1-2H3,(H2,18,19,22)/b17-10+/t11-,13+/m1/s1. The molecule has 0 radical (unpaired) electrons. The Morgan fingerprint density at radius 2 is 2.18 bits per heavy atom. The summed E-state index contributed by atoms with van der Waals surface area (Å²) in [4.78, 5) is 0. The van der Waals surface area contributed by atoms with E-state index in [4.69, 9.17) is 17.0 Å². The number of ether oxygens (including phenoxy) is 1. The average molecular weight is 321 g/mol. The molecule has 2 rings (SSSR count). The fourth-order valence-electron chi connectivity index (χ4n) is 2.67. The molecule has 1 fully saturated rings. The smallest absolute Gasteiger partial charge is 0.187 e. The predicted molar refractivity (Wildman–Crippen MR) is 92.5 cm³/mol. The van der Waals surface area contributed by atoms with Gasteiger partial charge in [0, 0.05) is 6.04 Å². The second-order valence-electron chi connectivity index (χ2n) is 5.64. The molecule has 0 amide bonds. The number of phenolic OH excluding ortho intramolecular Hbond substituents is 1. The molecule has 0 bridgehead atoms. The molecule has 0 aromatic heterocycles. The first-order chi connectivity index (χ1) is 10.6. The third kappa shape index (κ3) is 4.59. The van der Waals surface area contributed by atoms with E-state index < -0.39 is 0 Å². The molecule has 0 spiro atoms. The van der Waals surface area contributed by atoms with Gasteiger partial charge in [0.05, 0.1) is 13.3 Å². The summed E-state index contributed by atoms with van der Waals surface area (Å²) >= 11 is 5.27. The van der Waals surface area contributed by atoms with E-state index in [1.54, 1.807) is 24.4 Å². The van der Waals surface area contributed by atoms with E-state index in [-0.39, 0.29) is 5.75 Å². The molecule has 1 aliphatic carbocycles. The molecule has 3 N–H and O–H groups in total. The first-order valence-corrected chi connectivity index (χ1v) is 7.97. The zero-order valence-corrected chi connectivity index (χ0v) is 13.8. The molecule has 1 aromatic carbocycles. The van der Waals surface area contributed by atoms with Gasteiger partial charge < -0.3 is 15.2 Å². The number of rotatable bonds is 4. The van der Waals surface area contributed by atoms with Crippen LogP contribution >= 0.6 is 12.2 Å². The highest BCUT2D eigenvalue weighted by Crippen LogP contribution is 2.25. The highest BCUT2D eigenvalue weighted by Gasteiger charge is 2.21. The van der Waals surface area contributed by atoms with Gasteiger partial charge in [-0.25, -0.2) is 0 Å². The van der Waals surface area contributed by atoms with Crippen LogP contribution in [0.5, 0.6) is 11.5 Å². The van der Waals surface area contributed by atoms with Crippen molar-refractivity contribution in [3.05, 3.63) is 23.8 Å². The number of hydrazone groups is 1. The lowest BCUT2D eigenvalue weighted by Crippen LogP contribution is -2.44. The van der Waals surface area contributed by atoms with E-state index in [1.807, 2.05) is 0 Å².